The minimum Gasteiger partial charge on any atom is -0.324 e. The van der Waals surface area contributed by atoms with E-state index in [1.807, 2.05) is 0 Å². The van der Waals surface area contributed by atoms with Crippen molar-refractivity contribution in [2.75, 3.05) is 32.4 Å². The molecule has 0 aromatic heterocycles. The third kappa shape index (κ3) is 13.3. The van der Waals surface area contributed by atoms with Gasteiger partial charge in [0.2, 0.25) is 0 Å². The molecule has 0 aliphatic carbocycles. The van der Waals surface area contributed by atoms with Crippen LogP contribution in [0.1, 0.15) is 71.6 Å². The van der Waals surface area contributed by atoms with Gasteiger partial charge in [0.05, 0.1) is 32.4 Å². The molecule has 0 spiro atoms. The monoisotopic (exact) mass is 322 g/mol. The SMILES string of the molecule is CCCCCCC[N+]1(CCC)CCCCC1.CS(=O)(=O)O. The van der Waals surface area contributed by atoms with Crippen LogP contribution in [0.2, 0.25) is 0 Å². The van der Waals surface area contributed by atoms with Crippen molar-refractivity contribution in [2.24, 2.45) is 0 Å². The fourth-order valence-corrected chi connectivity index (χ4v) is 3.27. The fraction of sp³-hybridized carbons (Fsp3) is 1.00. The van der Waals surface area contributed by atoms with Crippen LogP contribution in [0.25, 0.3) is 0 Å². The Morgan fingerprint density at radius 3 is 1.86 bits per heavy atom. The number of likely N-dealkylation sites (tertiary alicyclic amines) is 1. The molecule has 21 heavy (non-hydrogen) atoms. The maximum atomic E-state index is 9.19. The van der Waals surface area contributed by atoms with Crippen LogP contribution in [0, 0.1) is 0 Å². The van der Waals surface area contributed by atoms with E-state index in [9.17, 15) is 8.42 Å². The van der Waals surface area contributed by atoms with E-state index in [1.54, 1.807) is 0 Å². The van der Waals surface area contributed by atoms with E-state index in [2.05, 4.69) is 13.8 Å². The molecule has 1 heterocycles. The first-order valence-corrected chi connectivity index (χ1v) is 10.5. The van der Waals surface area contributed by atoms with Crippen LogP contribution >= 0.6 is 0 Å². The van der Waals surface area contributed by atoms with Gasteiger partial charge in [-0.25, -0.2) is 0 Å². The van der Waals surface area contributed by atoms with E-state index in [0.717, 1.165) is 0 Å². The van der Waals surface area contributed by atoms with Crippen LogP contribution in [-0.4, -0.2) is 49.9 Å². The van der Waals surface area contributed by atoms with Gasteiger partial charge in [-0.3, -0.25) is 4.55 Å². The molecule has 1 aliphatic rings. The molecule has 4 nitrogen and oxygen atoms in total. The Labute approximate surface area is 132 Å². The minimum atomic E-state index is -3.67. The van der Waals surface area contributed by atoms with Crippen molar-refractivity contribution in [3.05, 3.63) is 0 Å². The van der Waals surface area contributed by atoms with Crippen LogP contribution in [0.15, 0.2) is 0 Å². The van der Waals surface area contributed by atoms with Crippen molar-refractivity contribution in [1.82, 2.24) is 0 Å². The second-order valence-electron chi connectivity index (χ2n) is 6.44. The second kappa shape index (κ2) is 11.4. The van der Waals surface area contributed by atoms with Crippen molar-refractivity contribution in [1.29, 1.82) is 0 Å². The van der Waals surface area contributed by atoms with Crippen LogP contribution in [0.3, 0.4) is 0 Å². The molecule has 0 amide bonds. The summed E-state index contributed by atoms with van der Waals surface area (Å²) in [5, 5.41) is 0. The van der Waals surface area contributed by atoms with Gasteiger partial charge in [-0.05, 0) is 38.5 Å². The number of rotatable bonds is 8. The summed E-state index contributed by atoms with van der Waals surface area (Å²) >= 11 is 0. The summed E-state index contributed by atoms with van der Waals surface area (Å²) in [4.78, 5) is 0. The lowest BCUT2D eigenvalue weighted by atomic mass is 10.0. The average Bonchev–Trinajstić information content (AvgIpc) is 2.38. The zero-order valence-corrected chi connectivity index (χ0v) is 15.1. The van der Waals surface area contributed by atoms with Gasteiger partial charge >= 0.3 is 0 Å². The first kappa shape index (κ1) is 20.9. The molecule has 0 saturated carbocycles. The van der Waals surface area contributed by atoms with Gasteiger partial charge in [0, 0.05) is 0 Å². The fourth-order valence-electron chi connectivity index (χ4n) is 3.27. The molecule has 0 aromatic carbocycles. The second-order valence-corrected chi connectivity index (χ2v) is 7.91. The Hall–Kier alpha value is -0.130. The van der Waals surface area contributed by atoms with Crippen molar-refractivity contribution in [3.63, 3.8) is 0 Å². The summed E-state index contributed by atoms with van der Waals surface area (Å²) in [5.74, 6) is 0. The lowest BCUT2D eigenvalue weighted by molar-refractivity contribution is -0.932. The van der Waals surface area contributed by atoms with Crippen LogP contribution < -0.4 is 0 Å². The highest BCUT2D eigenvalue weighted by Gasteiger charge is 2.27. The summed E-state index contributed by atoms with van der Waals surface area (Å²) in [7, 11) is -3.67. The molecule has 0 atom stereocenters. The Balaban J connectivity index is 0.000000690. The number of quaternary nitrogens is 1. The summed E-state index contributed by atoms with van der Waals surface area (Å²) in [6.07, 6.45) is 13.7. The van der Waals surface area contributed by atoms with Crippen molar-refractivity contribution < 1.29 is 17.5 Å². The highest BCUT2D eigenvalue weighted by molar-refractivity contribution is 7.85. The molecule has 0 unspecified atom stereocenters. The predicted octanol–water partition coefficient (Wildman–Crippen LogP) is 3.87. The van der Waals surface area contributed by atoms with Gasteiger partial charge in [-0.2, -0.15) is 8.42 Å². The van der Waals surface area contributed by atoms with Gasteiger partial charge in [-0.15, -0.1) is 0 Å². The highest BCUT2D eigenvalue weighted by Crippen LogP contribution is 2.21. The van der Waals surface area contributed by atoms with Crippen molar-refractivity contribution >= 4 is 10.1 Å². The molecular weight excluding hydrogens is 286 g/mol. The zero-order valence-electron chi connectivity index (χ0n) is 14.3. The topological polar surface area (TPSA) is 54.4 Å². The van der Waals surface area contributed by atoms with Crippen molar-refractivity contribution in [2.45, 2.75) is 71.6 Å². The molecule has 1 aliphatic heterocycles. The normalized spacial score (nSPS) is 17.9. The van der Waals surface area contributed by atoms with Crippen LogP contribution in [-0.2, 0) is 10.1 Å². The van der Waals surface area contributed by atoms with E-state index >= 15 is 0 Å². The van der Waals surface area contributed by atoms with Gasteiger partial charge < -0.3 is 4.48 Å². The molecule has 0 radical (unpaired) electrons. The quantitative estimate of drug-likeness (QED) is 0.419. The van der Waals surface area contributed by atoms with E-state index in [1.165, 1.54) is 88.4 Å². The number of piperidine rings is 1. The molecule has 128 valence electrons. The number of hydrogen-bond acceptors (Lipinski definition) is 2. The molecule has 0 aromatic rings. The molecule has 1 N–H and O–H groups in total. The van der Waals surface area contributed by atoms with Gasteiger partial charge in [0.25, 0.3) is 10.1 Å². The standard InChI is InChI=1S/C15H32N.CH4O3S/c1-3-5-6-7-9-13-16(12-4-2)14-10-8-11-15-16;1-5(2,3)4/h3-15H2,1-2H3;1H3,(H,2,3,4)/q+1;. The number of nitrogens with zero attached hydrogens (tertiary/aromatic N) is 1. The van der Waals surface area contributed by atoms with E-state index in [-0.39, 0.29) is 0 Å². The zero-order chi connectivity index (χ0) is 16.2. The minimum absolute atomic E-state index is 0.715. The van der Waals surface area contributed by atoms with Crippen molar-refractivity contribution in [3.8, 4) is 0 Å². The van der Waals surface area contributed by atoms with E-state index in [0.29, 0.717) is 6.26 Å². The molecular formula is C16H36NO3S+. The maximum absolute atomic E-state index is 9.19. The van der Waals surface area contributed by atoms with Gasteiger partial charge in [0.1, 0.15) is 0 Å². The molecule has 1 saturated heterocycles. The van der Waals surface area contributed by atoms with Crippen LogP contribution in [0.4, 0.5) is 0 Å². The first-order chi connectivity index (χ1) is 9.83. The lowest BCUT2D eigenvalue weighted by Crippen LogP contribution is -2.52. The summed E-state index contributed by atoms with van der Waals surface area (Å²) in [6.45, 7) is 10.5. The number of hydrogen-bond donors (Lipinski definition) is 1. The van der Waals surface area contributed by atoms with Gasteiger partial charge in [0.15, 0.2) is 0 Å². The Kier molecular flexibility index (Phi) is 11.4. The number of unbranched alkanes of at least 4 members (excludes halogenated alkanes) is 4. The Morgan fingerprint density at radius 1 is 0.857 bits per heavy atom. The summed E-state index contributed by atoms with van der Waals surface area (Å²) in [5.41, 5.74) is 0. The average molecular weight is 323 g/mol. The largest absolute Gasteiger partial charge is 0.324 e. The molecule has 5 heteroatoms. The molecule has 0 bridgehead atoms. The summed E-state index contributed by atoms with van der Waals surface area (Å²) < 4.78 is 27.3. The molecule has 1 fully saturated rings. The van der Waals surface area contributed by atoms with E-state index in [4.69, 9.17) is 4.55 Å². The maximum Gasteiger partial charge on any atom is 0.261 e. The lowest BCUT2D eigenvalue weighted by Gasteiger charge is -2.41. The Morgan fingerprint density at radius 2 is 1.38 bits per heavy atom. The predicted molar refractivity (Wildman–Crippen MR) is 90.1 cm³/mol. The van der Waals surface area contributed by atoms with Crippen LogP contribution in [0.5, 0.6) is 0 Å². The highest BCUT2D eigenvalue weighted by atomic mass is 32.2. The molecule has 1 rings (SSSR count). The third-order valence-electron chi connectivity index (χ3n) is 4.20. The summed E-state index contributed by atoms with van der Waals surface area (Å²) in [6, 6.07) is 0. The Bertz CT molecular complexity index is 322. The smallest absolute Gasteiger partial charge is 0.261 e. The van der Waals surface area contributed by atoms with E-state index < -0.39 is 10.1 Å². The first-order valence-electron chi connectivity index (χ1n) is 8.60. The third-order valence-corrected chi connectivity index (χ3v) is 4.20. The van der Waals surface area contributed by atoms with Gasteiger partial charge in [-0.1, -0.05) is 33.1 Å².